The summed E-state index contributed by atoms with van der Waals surface area (Å²) in [6.45, 7) is 5.74. The molecule has 3 heterocycles. The average molecular weight is 268 g/mol. The Kier molecular flexibility index (Phi) is 2.32. The topological polar surface area (TPSA) is 28.7 Å². The van der Waals surface area contributed by atoms with E-state index in [0.717, 1.165) is 34.8 Å². The molecule has 0 saturated carbocycles. The maximum atomic E-state index is 5.49. The summed E-state index contributed by atoms with van der Waals surface area (Å²) in [5.41, 5.74) is 3.29. The highest BCUT2D eigenvalue weighted by Gasteiger charge is 2.31. The summed E-state index contributed by atoms with van der Waals surface area (Å²) in [6, 6.07) is 8.31. The Bertz CT molecular complexity index is 741. The zero-order valence-corrected chi connectivity index (χ0v) is 11.1. The van der Waals surface area contributed by atoms with Gasteiger partial charge in [0.2, 0.25) is 0 Å². The molecule has 0 aliphatic carbocycles. The number of hydrogen-bond donors (Lipinski definition) is 0. The molecule has 0 amide bonds. The number of fused-ring (bicyclic) bond motifs is 2. The van der Waals surface area contributed by atoms with Crippen LogP contribution in [0.15, 0.2) is 57.5 Å². The van der Waals surface area contributed by atoms with Crippen LogP contribution in [0.2, 0.25) is 0 Å². The van der Waals surface area contributed by atoms with Gasteiger partial charge in [-0.2, -0.15) is 0 Å². The monoisotopic (exact) mass is 268 g/mol. The maximum absolute atomic E-state index is 5.49. The van der Waals surface area contributed by atoms with Crippen LogP contribution in [0, 0.1) is 0 Å². The molecule has 2 aliphatic rings. The van der Waals surface area contributed by atoms with Crippen LogP contribution in [0.1, 0.15) is 5.56 Å². The Balaban J connectivity index is 1.89. The molecule has 0 radical (unpaired) electrons. The summed E-state index contributed by atoms with van der Waals surface area (Å²) in [5, 5.41) is 2.22. The van der Waals surface area contributed by atoms with Gasteiger partial charge in [-0.15, -0.1) is 0 Å². The Labute approximate surface area is 115 Å². The van der Waals surface area contributed by atoms with Crippen molar-refractivity contribution in [3.05, 3.63) is 53.7 Å². The molecule has 94 valence electrons. The predicted octanol–water partition coefficient (Wildman–Crippen LogP) is 3.71. The van der Waals surface area contributed by atoms with Crippen LogP contribution in [-0.4, -0.2) is 23.2 Å². The van der Waals surface area contributed by atoms with E-state index < -0.39 is 0 Å². The number of aliphatic imine (C=N–C) groups is 1. The van der Waals surface area contributed by atoms with E-state index >= 15 is 0 Å². The second-order valence-corrected chi connectivity index (χ2v) is 5.52. The minimum atomic E-state index is 0.874. The smallest absolute Gasteiger partial charge is 0.168 e. The summed E-state index contributed by atoms with van der Waals surface area (Å²) in [5.74, 6) is 0. The Morgan fingerprint density at radius 1 is 1.37 bits per heavy atom. The predicted molar refractivity (Wildman–Crippen MR) is 79.9 cm³/mol. The number of benzene rings is 1. The van der Waals surface area contributed by atoms with Crippen LogP contribution in [0.5, 0.6) is 0 Å². The molecular formula is C15H12N2OS. The van der Waals surface area contributed by atoms with Crippen molar-refractivity contribution in [1.29, 1.82) is 0 Å². The summed E-state index contributed by atoms with van der Waals surface area (Å²) in [6.07, 6.45) is 3.64. The van der Waals surface area contributed by atoms with E-state index in [0.29, 0.717) is 0 Å². The Morgan fingerprint density at radius 3 is 3.21 bits per heavy atom. The molecule has 0 N–H and O–H groups in total. The quantitative estimate of drug-likeness (QED) is 0.831. The lowest BCUT2D eigenvalue weighted by atomic mass is 10.1. The van der Waals surface area contributed by atoms with Crippen LogP contribution in [0.3, 0.4) is 0 Å². The van der Waals surface area contributed by atoms with Crippen molar-refractivity contribution in [3.8, 4) is 0 Å². The van der Waals surface area contributed by atoms with E-state index in [1.807, 2.05) is 12.1 Å². The number of nitrogens with zero attached hydrogens (tertiary/aromatic N) is 2. The first-order valence-electron chi connectivity index (χ1n) is 6.21. The molecule has 2 aromatic rings. The number of allylic oxidation sites excluding steroid dienone is 1. The molecule has 19 heavy (non-hydrogen) atoms. The average Bonchev–Trinajstić information content (AvgIpc) is 3.11. The first kappa shape index (κ1) is 10.9. The molecule has 0 unspecified atom stereocenters. The van der Waals surface area contributed by atoms with Crippen LogP contribution in [0.4, 0.5) is 0 Å². The van der Waals surface area contributed by atoms with Crippen LogP contribution in [0.25, 0.3) is 16.7 Å². The third-order valence-corrected chi connectivity index (χ3v) is 4.53. The molecule has 0 atom stereocenters. The van der Waals surface area contributed by atoms with Crippen molar-refractivity contribution >= 4 is 33.6 Å². The highest BCUT2D eigenvalue weighted by Crippen LogP contribution is 2.42. The largest absolute Gasteiger partial charge is 0.464 e. The Hall–Kier alpha value is -1.94. The molecule has 2 aliphatic heterocycles. The molecule has 1 aromatic heterocycles. The van der Waals surface area contributed by atoms with Crippen LogP contribution < -0.4 is 0 Å². The normalized spacial score (nSPS) is 18.1. The third-order valence-electron chi connectivity index (χ3n) is 3.42. The first-order valence-corrected chi connectivity index (χ1v) is 7.02. The minimum absolute atomic E-state index is 0.874. The molecule has 0 bridgehead atoms. The van der Waals surface area contributed by atoms with Gasteiger partial charge >= 0.3 is 0 Å². The van der Waals surface area contributed by atoms with Gasteiger partial charge in [-0.25, -0.2) is 0 Å². The van der Waals surface area contributed by atoms with Gasteiger partial charge in [0.15, 0.2) is 5.17 Å². The lowest BCUT2D eigenvalue weighted by Gasteiger charge is -2.16. The SMILES string of the molecule is C=CC1=C(c2ccc3ccoc3c2)N2CCN=C2S1. The van der Waals surface area contributed by atoms with E-state index in [4.69, 9.17) is 4.42 Å². The molecule has 4 rings (SSSR count). The molecule has 1 aromatic carbocycles. The van der Waals surface area contributed by atoms with E-state index in [9.17, 15) is 0 Å². The number of amidine groups is 1. The van der Waals surface area contributed by atoms with Gasteiger partial charge in [0.25, 0.3) is 0 Å². The summed E-state index contributed by atoms with van der Waals surface area (Å²) >= 11 is 1.70. The van der Waals surface area contributed by atoms with Crippen LogP contribution >= 0.6 is 11.8 Å². The number of furan rings is 1. The second kappa shape index (κ2) is 4.03. The van der Waals surface area contributed by atoms with Crippen molar-refractivity contribution < 1.29 is 4.42 Å². The van der Waals surface area contributed by atoms with Crippen molar-refractivity contribution in [2.45, 2.75) is 0 Å². The first-order chi connectivity index (χ1) is 9.36. The van der Waals surface area contributed by atoms with Gasteiger partial charge < -0.3 is 9.32 Å². The van der Waals surface area contributed by atoms with Gasteiger partial charge in [-0.1, -0.05) is 24.8 Å². The van der Waals surface area contributed by atoms with Crippen molar-refractivity contribution in [3.63, 3.8) is 0 Å². The zero-order valence-electron chi connectivity index (χ0n) is 10.3. The highest BCUT2D eigenvalue weighted by atomic mass is 32.2. The van der Waals surface area contributed by atoms with Crippen molar-refractivity contribution in [2.24, 2.45) is 4.99 Å². The molecule has 0 spiro atoms. The van der Waals surface area contributed by atoms with E-state index in [2.05, 4.69) is 34.7 Å². The lowest BCUT2D eigenvalue weighted by Crippen LogP contribution is -2.19. The highest BCUT2D eigenvalue weighted by molar-refractivity contribution is 8.17. The lowest BCUT2D eigenvalue weighted by molar-refractivity contribution is 0.615. The van der Waals surface area contributed by atoms with Gasteiger partial charge in [0.1, 0.15) is 5.58 Å². The standard InChI is InChI=1S/C15H12N2OS/c1-2-13-14(17-7-6-16-15(17)19-13)11-4-3-10-5-8-18-12(10)9-11/h2-5,8-9H,1,6-7H2. The maximum Gasteiger partial charge on any atom is 0.168 e. The minimum Gasteiger partial charge on any atom is -0.464 e. The Morgan fingerprint density at radius 2 is 2.32 bits per heavy atom. The van der Waals surface area contributed by atoms with E-state index in [1.54, 1.807) is 18.0 Å². The van der Waals surface area contributed by atoms with E-state index in [1.165, 1.54) is 10.6 Å². The van der Waals surface area contributed by atoms with Crippen LogP contribution in [-0.2, 0) is 0 Å². The number of thioether (sulfide) groups is 1. The second-order valence-electron chi connectivity index (χ2n) is 4.51. The summed E-state index contributed by atoms with van der Waals surface area (Å²) < 4.78 is 5.49. The van der Waals surface area contributed by atoms with Gasteiger partial charge in [-0.05, 0) is 23.9 Å². The fourth-order valence-electron chi connectivity index (χ4n) is 2.54. The van der Waals surface area contributed by atoms with E-state index in [-0.39, 0.29) is 0 Å². The fraction of sp³-hybridized carbons (Fsp3) is 0.133. The third kappa shape index (κ3) is 1.56. The number of rotatable bonds is 2. The van der Waals surface area contributed by atoms with Gasteiger partial charge in [0.05, 0.1) is 18.5 Å². The number of hydrogen-bond acceptors (Lipinski definition) is 4. The van der Waals surface area contributed by atoms with Gasteiger partial charge in [0, 0.05) is 22.4 Å². The summed E-state index contributed by atoms with van der Waals surface area (Å²) in [4.78, 5) is 7.96. The molecule has 0 fully saturated rings. The van der Waals surface area contributed by atoms with Crippen molar-refractivity contribution in [2.75, 3.05) is 13.1 Å². The molecule has 4 heteroatoms. The summed E-state index contributed by atoms with van der Waals surface area (Å²) in [7, 11) is 0. The molecular weight excluding hydrogens is 256 g/mol. The van der Waals surface area contributed by atoms with Crippen molar-refractivity contribution in [1.82, 2.24) is 4.90 Å². The molecule has 0 saturated heterocycles. The zero-order chi connectivity index (χ0) is 12.8. The van der Waals surface area contributed by atoms with Gasteiger partial charge in [-0.3, -0.25) is 4.99 Å². The molecule has 3 nitrogen and oxygen atoms in total. The fourth-order valence-corrected chi connectivity index (χ4v) is 3.59.